The lowest BCUT2D eigenvalue weighted by molar-refractivity contribution is -0.144. The van der Waals surface area contributed by atoms with E-state index >= 15 is 0 Å². The Labute approximate surface area is 125 Å². The van der Waals surface area contributed by atoms with Crippen molar-refractivity contribution >= 4 is 11.9 Å². The first-order chi connectivity index (χ1) is 9.92. The molecular formula is C16H23NO4. The van der Waals surface area contributed by atoms with Crippen molar-refractivity contribution in [3.05, 3.63) is 29.8 Å². The van der Waals surface area contributed by atoms with Crippen LogP contribution < -0.4 is 4.74 Å². The van der Waals surface area contributed by atoms with E-state index in [0.29, 0.717) is 19.1 Å². The lowest BCUT2D eigenvalue weighted by Crippen LogP contribution is -2.36. The van der Waals surface area contributed by atoms with Crippen LogP contribution in [0.2, 0.25) is 0 Å². The molecule has 0 aliphatic heterocycles. The van der Waals surface area contributed by atoms with Gasteiger partial charge < -0.3 is 14.7 Å². The molecule has 1 rings (SSSR count). The average molecular weight is 293 g/mol. The highest BCUT2D eigenvalue weighted by molar-refractivity contribution is 5.83. The molecule has 0 heterocycles. The van der Waals surface area contributed by atoms with Crippen molar-refractivity contribution in [3.63, 3.8) is 0 Å². The van der Waals surface area contributed by atoms with E-state index in [-0.39, 0.29) is 18.9 Å². The Hall–Kier alpha value is -2.04. The van der Waals surface area contributed by atoms with Gasteiger partial charge in [0.1, 0.15) is 12.3 Å². The molecule has 0 fully saturated rings. The summed E-state index contributed by atoms with van der Waals surface area (Å²) in [6, 6.07) is 7.33. The Morgan fingerprint density at radius 3 is 2.33 bits per heavy atom. The number of hydrogen-bond acceptors (Lipinski definition) is 3. The number of carbonyl (C=O) groups is 2. The summed E-state index contributed by atoms with van der Waals surface area (Å²) < 4.78 is 5.58. The van der Waals surface area contributed by atoms with Gasteiger partial charge in [-0.15, -0.1) is 0 Å². The number of rotatable bonds is 8. The highest BCUT2D eigenvalue weighted by Gasteiger charge is 2.15. The smallest absolute Gasteiger partial charge is 0.323 e. The molecule has 1 amide bonds. The van der Waals surface area contributed by atoms with Crippen molar-refractivity contribution in [2.75, 3.05) is 19.7 Å². The molecule has 5 nitrogen and oxygen atoms in total. The second-order valence-electron chi connectivity index (χ2n) is 5.33. The number of carboxylic acids is 1. The minimum Gasteiger partial charge on any atom is -0.493 e. The maximum absolute atomic E-state index is 12.0. The summed E-state index contributed by atoms with van der Waals surface area (Å²) in [5.41, 5.74) is 0.848. The molecule has 0 aliphatic rings. The van der Waals surface area contributed by atoms with Gasteiger partial charge in [0.15, 0.2) is 0 Å². The topological polar surface area (TPSA) is 66.8 Å². The number of benzene rings is 1. The van der Waals surface area contributed by atoms with Crippen LogP contribution in [-0.4, -0.2) is 41.6 Å². The van der Waals surface area contributed by atoms with Crippen LogP contribution in [0.3, 0.4) is 0 Å². The SMILES string of the molecule is CCN(CC(=O)O)C(=O)Cc1ccc(OCC(C)C)cc1. The average Bonchev–Trinajstić information content (AvgIpc) is 2.43. The van der Waals surface area contributed by atoms with Crippen molar-refractivity contribution in [1.29, 1.82) is 0 Å². The summed E-state index contributed by atoms with van der Waals surface area (Å²) in [4.78, 5) is 24.0. The highest BCUT2D eigenvalue weighted by Crippen LogP contribution is 2.14. The number of carboxylic acid groups (broad SMARTS) is 1. The number of aliphatic carboxylic acids is 1. The van der Waals surface area contributed by atoms with Crippen LogP contribution in [0, 0.1) is 5.92 Å². The Kier molecular flexibility index (Phi) is 6.72. The van der Waals surface area contributed by atoms with Crippen molar-refractivity contribution in [2.45, 2.75) is 27.2 Å². The third-order valence-corrected chi connectivity index (χ3v) is 2.92. The zero-order valence-electron chi connectivity index (χ0n) is 12.8. The number of likely N-dealkylation sites (N-methyl/N-ethyl adjacent to an activating group) is 1. The van der Waals surface area contributed by atoms with E-state index in [4.69, 9.17) is 9.84 Å². The third kappa shape index (κ3) is 6.29. The van der Waals surface area contributed by atoms with E-state index in [9.17, 15) is 9.59 Å². The molecule has 0 saturated heterocycles. The van der Waals surface area contributed by atoms with E-state index in [0.717, 1.165) is 11.3 Å². The predicted molar refractivity (Wildman–Crippen MR) is 80.4 cm³/mol. The minimum atomic E-state index is -0.998. The Balaban J connectivity index is 2.58. The van der Waals surface area contributed by atoms with Crippen molar-refractivity contribution in [2.24, 2.45) is 5.92 Å². The second-order valence-corrected chi connectivity index (χ2v) is 5.33. The summed E-state index contributed by atoms with van der Waals surface area (Å²) in [5, 5.41) is 8.76. The maximum atomic E-state index is 12.0. The van der Waals surface area contributed by atoms with Gasteiger partial charge in [0, 0.05) is 6.54 Å². The molecule has 0 bridgehead atoms. The molecular weight excluding hydrogens is 270 g/mol. The number of amides is 1. The standard InChI is InChI=1S/C16H23NO4/c1-4-17(10-16(19)20)15(18)9-13-5-7-14(8-6-13)21-11-12(2)3/h5-8,12H,4,9-11H2,1-3H3,(H,19,20). The number of nitrogens with zero attached hydrogens (tertiary/aromatic N) is 1. The lowest BCUT2D eigenvalue weighted by atomic mass is 10.1. The van der Waals surface area contributed by atoms with Gasteiger partial charge in [-0.3, -0.25) is 9.59 Å². The van der Waals surface area contributed by atoms with Crippen molar-refractivity contribution < 1.29 is 19.4 Å². The monoisotopic (exact) mass is 293 g/mol. The Morgan fingerprint density at radius 1 is 1.24 bits per heavy atom. The Morgan fingerprint density at radius 2 is 1.86 bits per heavy atom. The van der Waals surface area contributed by atoms with E-state index < -0.39 is 5.97 Å². The van der Waals surface area contributed by atoms with Crippen LogP contribution in [0.5, 0.6) is 5.75 Å². The fourth-order valence-corrected chi connectivity index (χ4v) is 1.79. The van der Waals surface area contributed by atoms with Crippen LogP contribution >= 0.6 is 0 Å². The van der Waals surface area contributed by atoms with Gasteiger partial charge in [-0.1, -0.05) is 26.0 Å². The first kappa shape index (κ1) is 17.0. The minimum absolute atomic E-state index is 0.184. The van der Waals surface area contributed by atoms with Crippen LogP contribution in [0.4, 0.5) is 0 Å². The van der Waals surface area contributed by atoms with Gasteiger partial charge in [-0.25, -0.2) is 0 Å². The second kappa shape index (κ2) is 8.29. The van der Waals surface area contributed by atoms with Gasteiger partial charge in [0.2, 0.25) is 5.91 Å². The number of hydrogen-bond donors (Lipinski definition) is 1. The summed E-state index contributed by atoms with van der Waals surface area (Å²) >= 11 is 0. The number of ether oxygens (including phenoxy) is 1. The first-order valence-electron chi connectivity index (χ1n) is 7.13. The summed E-state index contributed by atoms with van der Waals surface area (Å²) in [5.74, 6) is 0.0524. The summed E-state index contributed by atoms with van der Waals surface area (Å²) in [6.45, 7) is 6.71. The molecule has 1 N–H and O–H groups in total. The zero-order valence-corrected chi connectivity index (χ0v) is 12.8. The molecule has 0 saturated carbocycles. The molecule has 5 heteroatoms. The van der Waals surface area contributed by atoms with Gasteiger partial charge in [0.05, 0.1) is 13.0 Å². The highest BCUT2D eigenvalue weighted by atomic mass is 16.5. The quantitative estimate of drug-likeness (QED) is 0.798. The zero-order chi connectivity index (χ0) is 15.8. The largest absolute Gasteiger partial charge is 0.493 e. The molecule has 0 aliphatic carbocycles. The van der Waals surface area contributed by atoms with E-state index in [1.807, 2.05) is 24.3 Å². The van der Waals surface area contributed by atoms with Gasteiger partial charge in [0.25, 0.3) is 0 Å². The molecule has 0 atom stereocenters. The summed E-state index contributed by atoms with van der Waals surface area (Å²) in [6.07, 6.45) is 0.200. The molecule has 0 unspecified atom stereocenters. The third-order valence-electron chi connectivity index (χ3n) is 2.92. The van der Waals surface area contributed by atoms with Crippen LogP contribution in [0.25, 0.3) is 0 Å². The van der Waals surface area contributed by atoms with Crippen LogP contribution in [-0.2, 0) is 16.0 Å². The molecule has 1 aromatic carbocycles. The molecule has 21 heavy (non-hydrogen) atoms. The fourth-order valence-electron chi connectivity index (χ4n) is 1.79. The van der Waals surface area contributed by atoms with Gasteiger partial charge in [-0.2, -0.15) is 0 Å². The molecule has 0 radical (unpaired) electrons. The van der Waals surface area contributed by atoms with Crippen molar-refractivity contribution in [3.8, 4) is 5.75 Å². The fraction of sp³-hybridized carbons (Fsp3) is 0.500. The lowest BCUT2D eigenvalue weighted by Gasteiger charge is -2.18. The van der Waals surface area contributed by atoms with Gasteiger partial charge in [-0.05, 0) is 30.5 Å². The molecule has 0 spiro atoms. The molecule has 1 aromatic rings. The number of carbonyl (C=O) groups excluding carboxylic acids is 1. The van der Waals surface area contributed by atoms with Gasteiger partial charge >= 0.3 is 5.97 Å². The normalized spacial score (nSPS) is 10.5. The van der Waals surface area contributed by atoms with E-state index in [2.05, 4.69) is 13.8 Å². The first-order valence-corrected chi connectivity index (χ1v) is 7.13. The predicted octanol–water partition coefficient (Wildman–Crippen LogP) is 2.20. The summed E-state index contributed by atoms with van der Waals surface area (Å²) in [7, 11) is 0. The maximum Gasteiger partial charge on any atom is 0.323 e. The van der Waals surface area contributed by atoms with Crippen molar-refractivity contribution in [1.82, 2.24) is 4.90 Å². The van der Waals surface area contributed by atoms with E-state index in [1.165, 1.54) is 4.90 Å². The van der Waals surface area contributed by atoms with E-state index in [1.54, 1.807) is 6.92 Å². The van der Waals surface area contributed by atoms with Crippen LogP contribution in [0.15, 0.2) is 24.3 Å². The Bertz CT molecular complexity index is 468. The molecule has 116 valence electrons. The molecule has 0 aromatic heterocycles. The van der Waals surface area contributed by atoms with Crippen LogP contribution in [0.1, 0.15) is 26.3 Å².